The number of phenols is 1. The average molecular weight is 267 g/mol. The number of hydrogen-bond donors (Lipinski definition) is 2. The fourth-order valence-electron chi connectivity index (χ4n) is 3.04. The maximum absolute atomic E-state index is 9.71. The van der Waals surface area contributed by atoms with Crippen LogP contribution in [0.4, 0.5) is 0 Å². The molecule has 0 radical (unpaired) electrons. The van der Waals surface area contributed by atoms with Crippen molar-refractivity contribution < 1.29 is 5.11 Å². The maximum Gasteiger partial charge on any atom is 0.115 e. The third kappa shape index (κ3) is 2.70. The Hall–Kier alpha value is -1.80. The lowest BCUT2D eigenvalue weighted by atomic mass is 9.87. The summed E-state index contributed by atoms with van der Waals surface area (Å²) in [6.45, 7) is 3.03. The summed E-state index contributed by atoms with van der Waals surface area (Å²) >= 11 is 0. The molecule has 0 amide bonds. The van der Waals surface area contributed by atoms with E-state index in [2.05, 4.69) is 42.6 Å². The highest BCUT2D eigenvalue weighted by molar-refractivity contribution is 5.38. The van der Waals surface area contributed by atoms with E-state index in [4.69, 9.17) is 0 Å². The van der Waals surface area contributed by atoms with Crippen molar-refractivity contribution in [1.82, 2.24) is 5.32 Å². The van der Waals surface area contributed by atoms with Crippen LogP contribution in [-0.4, -0.2) is 5.11 Å². The lowest BCUT2D eigenvalue weighted by molar-refractivity contribution is 0.445. The molecule has 0 heterocycles. The third-order valence-corrected chi connectivity index (χ3v) is 4.24. The zero-order valence-electron chi connectivity index (χ0n) is 11.9. The van der Waals surface area contributed by atoms with Crippen molar-refractivity contribution in [1.29, 1.82) is 0 Å². The van der Waals surface area contributed by atoms with Gasteiger partial charge in [-0.3, -0.25) is 0 Å². The van der Waals surface area contributed by atoms with Crippen LogP contribution in [0.1, 0.15) is 41.1 Å². The van der Waals surface area contributed by atoms with E-state index in [0.29, 0.717) is 11.8 Å². The monoisotopic (exact) mass is 267 g/mol. The number of hydrogen-bond acceptors (Lipinski definition) is 2. The van der Waals surface area contributed by atoms with Gasteiger partial charge in [0.2, 0.25) is 0 Å². The van der Waals surface area contributed by atoms with E-state index in [0.717, 1.165) is 19.4 Å². The Morgan fingerprint density at radius 3 is 2.90 bits per heavy atom. The highest BCUT2D eigenvalue weighted by atomic mass is 16.3. The first-order valence-electron chi connectivity index (χ1n) is 7.34. The number of phenolic OH excluding ortho intramolecular Hbond substituents is 1. The summed E-state index contributed by atoms with van der Waals surface area (Å²) in [4.78, 5) is 0. The summed E-state index contributed by atoms with van der Waals surface area (Å²) < 4.78 is 0. The van der Waals surface area contributed by atoms with Gasteiger partial charge in [0, 0.05) is 12.6 Å². The first-order valence-corrected chi connectivity index (χ1v) is 7.34. The summed E-state index contributed by atoms with van der Waals surface area (Å²) in [5, 5.41) is 13.4. The van der Waals surface area contributed by atoms with Crippen molar-refractivity contribution in [3.05, 3.63) is 64.7 Å². The van der Waals surface area contributed by atoms with Gasteiger partial charge in [-0.15, -0.1) is 0 Å². The molecule has 0 spiro atoms. The van der Waals surface area contributed by atoms with Gasteiger partial charge < -0.3 is 10.4 Å². The number of aromatic hydroxyl groups is 1. The first-order chi connectivity index (χ1) is 9.74. The summed E-state index contributed by atoms with van der Waals surface area (Å²) in [6.07, 6.45) is 3.48. The van der Waals surface area contributed by atoms with E-state index in [9.17, 15) is 5.11 Å². The Kier molecular flexibility index (Phi) is 3.75. The van der Waals surface area contributed by atoms with Gasteiger partial charge in [-0.2, -0.15) is 0 Å². The molecule has 104 valence electrons. The lowest BCUT2D eigenvalue weighted by Crippen LogP contribution is -2.25. The fraction of sp³-hybridized carbons (Fsp3) is 0.333. The van der Waals surface area contributed by atoms with Crippen LogP contribution in [0, 0.1) is 6.92 Å². The molecule has 0 fully saturated rings. The normalized spacial score (nSPS) is 17.8. The minimum absolute atomic E-state index is 0.352. The highest BCUT2D eigenvalue weighted by Gasteiger charge is 2.20. The average Bonchev–Trinajstić information content (AvgIpc) is 2.46. The predicted molar refractivity (Wildman–Crippen MR) is 81.8 cm³/mol. The van der Waals surface area contributed by atoms with Gasteiger partial charge in [0.05, 0.1) is 0 Å². The minimum Gasteiger partial charge on any atom is -0.508 e. The van der Waals surface area contributed by atoms with Crippen LogP contribution < -0.4 is 5.32 Å². The number of benzene rings is 2. The van der Waals surface area contributed by atoms with Gasteiger partial charge in [-0.25, -0.2) is 0 Å². The minimum atomic E-state index is 0.352. The predicted octanol–water partition coefficient (Wildman–Crippen LogP) is 3.87. The van der Waals surface area contributed by atoms with Gasteiger partial charge in [0.1, 0.15) is 5.75 Å². The van der Waals surface area contributed by atoms with Crippen molar-refractivity contribution in [2.24, 2.45) is 0 Å². The van der Waals surface area contributed by atoms with Gasteiger partial charge >= 0.3 is 0 Å². The molecule has 0 aromatic heterocycles. The molecule has 20 heavy (non-hydrogen) atoms. The highest BCUT2D eigenvalue weighted by Crippen LogP contribution is 2.32. The third-order valence-electron chi connectivity index (χ3n) is 4.24. The van der Waals surface area contributed by atoms with Crippen molar-refractivity contribution >= 4 is 0 Å². The van der Waals surface area contributed by atoms with Crippen LogP contribution in [0.25, 0.3) is 0 Å². The summed E-state index contributed by atoms with van der Waals surface area (Å²) in [5.74, 6) is 0.369. The molecule has 3 rings (SSSR count). The molecule has 2 N–H and O–H groups in total. The first kappa shape index (κ1) is 13.2. The molecule has 1 aliphatic carbocycles. The molecule has 1 aliphatic rings. The molecule has 2 aromatic rings. The second kappa shape index (κ2) is 5.68. The van der Waals surface area contributed by atoms with Crippen molar-refractivity contribution in [2.75, 3.05) is 0 Å². The maximum atomic E-state index is 9.71. The van der Waals surface area contributed by atoms with E-state index in [1.165, 1.54) is 28.7 Å². The zero-order valence-corrected chi connectivity index (χ0v) is 11.9. The van der Waals surface area contributed by atoms with Gasteiger partial charge in [0.25, 0.3) is 0 Å². The van der Waals surface area contributed by atoms with Gasteiger partial charge in [0.15, 0.2) is 0 Å². The molecule has 0 saturated carbocycles. The van der Waals surface area contributed by atoms with Crippen molar-refractivity contribution in [3.63, 3.8) is 0 Å². The van der Waals surface area contributed by atoms with E-state index < -0.39 is 0 Å². The summed E-state index contributed by atoms with van der Waals surface area (Å²) in [5.41, 5.74) is 5.31. The Balaban J connectivity index is 1.77. The van der Waals surface area contributed by atoms with Crippen LogP contribution in [0.2, 0.25) is 0 Å². The Morgan fingerprint density at radius 1 is 1.20 bits per heavy atom. The molecule has 2 aromatic carbocycles. The molecule has 0 aliphatic heterocycles. The van der Waals surface area contributed by atoms with Gasteiger partial charge in [-0.05, 0) is 60.6 Å². The molecular formula is C18H21NO. The molecular weight excluding hydrogens is 246 g/mol. The second-order valence-electron chi connectivity index (χ2n) is 5.64. The Bertz CT molecular complexity index is 606. The van der Waals surface area contributed by atoms with E-state index in [1.807, 2.05) is 6.07 Å². The number of rotatable bonds is 3. The molecule has 1 unspecified atom stereocenters. The summed E-state index contributed by atoms with van der Waals surface area (Å²) in [6, 6.07) is 14.6. The van der Waals surface area contributed by atoms with Crippen molar-refractivity contribution in [2.45, 2.75) is 38.8 Å². The lowest BCUT2D eigenvalue weighted by Gasteiger charge is -2.27. The Labute approximate surface area is 120 Å². The number of nitrogens with one attached hydrogen (secondary N) is 1. The molecule has 2 heteroatoms. The van der Waals surface area contributed by atoms with Crippen LogP contribution >= 0.6 is 0 Å². The fourth-order valence-corrected chi connectivity index (χ4v) is 3.04. The largest absolute Gasteiger partial charge is 0.508 e. The second-order valence-corrected chi connectivity index (χ2v) is 5.64. The molecule has 2 nitrogen and oxygen atoms in total. The smallest absolute Gasteiger partial charge is 0.115 e. The molecule has 0 saturated heterocycles. The zero-order chi connectivity index (χ0) is 13.9. The SMILES string of the molecule is Cc1ccccc1CNC1CCCc2ccc(O)cc21. The van der Waals surface area contributed by atoms with Crippen molar-refractivity contribution in [3.8, 4) is 5.75 Å². The van der Waals surface area contributed by atoms with Crippen LogP contribution in [-0.2, 0) is 13.0 Å². The van der Waals surface area contributed by atoms with Crippen LogP contribution in [0.3, 0.4) is 0 Å². The van der Waals surface area contributed by atoms with E-state index in [-0.39, 0.29) is 0 Å². The Morgan fingerprint density at radius 2 is 2.05 bits per heavy atom. The van der Waals surface area contributed by atoms with Crippen LogP contribution in [0.15, 0.2) is 42.5 Å². The molecule has 0 bridgehead atoms. The standard InChI is InChI=1S/C18H21NO/c1-13-5-2-3-6-15(13)12-19-18-8-4-7-14-9-10-16(20)11-17(14)18/h2-3,5-6,9-11,18-20H,4,7-8,12H2,1H3. The molecule has 1 atom stereocenters. The topological polar surface area (TPSA) is 32.3 Å². The summed E-state index contributed by atoms with van der Waals surface area (Å²) in [7, 11) is 0. The van der Waals surface area contributed by atoms with E-state index in [1.54, 1.807) is 6.07 Å². The van der Waals surface area contributed by atoms with Gasteiger partial charge in [-0.1, -0.05) is 30.3 Å². The quantitative estimate of drug-likeness (QED) is 0.885. The van der Waals surface area contributed by atoms with Crippen LogP contribution in [0.5, 0.6) is 5.75 Å². The van der Waals surface area contributed by atoms with E-state index >= 15 is 0 Å². The number of aryl methyl sites for hydroxylation is 2. The number of fused-ring (bicyclic) bond motifs is 1.